The summed E-state index contributed by atoms with van der Waals surface area (Å²) in [4.78, 5) is 11.8. The molecule has 0 aromatic carbocycles. The average Bonchev–Trinajstić information content (AvgIpc) is 2.85. The van der Waals surface area contributed by atoms with Gasteiger partial charge in [-0.2, -0.15) is 0 Å². The molecule has 0 bridgehead atoms. The summed E-state index contributed by atoms with van der Waals surface area (Å²) < 4.78 is 0. The monoisotopic (exact) mass is 314 g/mol. The van der Waals surface area contributed by atoms with Crippen LogP contribution in [0.2, 0.25) is 0 Å². The third-order valence-electron chi connectivity index (χ3n) is 8.11. The second kappa shape index (κ2) is 5.05. The maximum atomic E-state index is 11.8. The highest BCUT2D eigenvalue weighted by molar-refractivity contribution is 5.91. The van der Waals surface area contributed by atoms with Gasteiger partial charge in [-0.1, -0.05) is 31.6 Å². The molecule has 0 aromatic rings. The maximum Gasteiger partial charge on any atom is 0.155 e. The third-order valence-corrected chi connectivity index (χ3v) is 8.11. The van der Waals surface area contributed by atoms with Gasteiger partial charge < -0.3 is 5.11 Å². The summed E-state index contributed by atoms with van der Waals surface area (Å²) >= 11 is 0. The van der Waals surface area contributed by atoms with Crippen molar-refractivity contribution in [1.29, 1.82) is 0 Å². The topological polar surface area (TPSA) is 37.3 Å². The van der Waals surface area contributed by atoms with Crippen molar-refractivity contribution in [2.24, 2.45) is 34.5 Å². The Morgan fingerprint density at radius 3 is 2.74 bits per heavy atom. The molecule has 2 fully saturated rings. The van der Waals surface area contributed by atoms with E-state index in [2.05, 4.69) is 26.0 Å². The first kappa shape index (κ1) is 15.6. The van der Waals surface area contributed by atoms with Gasteiger partial charge in [0.1, 0.15) is 0 Å². The van der Waals surface area contributed by atoms with Crippen LogP contribution in [0.3, 0.4) is 0 Å². The lowest BCUT2D eigenvalue weighted by molar-refractivity contribution is -0.117. The Labute approximate surface area is 140 Å². The SMILES string of the molecule is CC(O)C1CCC2C3=CCC4CC(=O)C=CC4(C)C3CCC21C. The van der Waals surface area contributed by atoms with E-state index in [9.17, 15) is 9.90 Å². The van der Waals surface area contributed by atoms with Crippen LogP contribution in [0.1, 0.15) is 59.3 Å². The van der Waals surface area contributed by atoms with Crippen molar-refractivity contribution >= 4 is 5.78 Å². The van der Waals surface area contributed by atoms with Crippen LogP contribution in [0.5, 0.6) is 0 Å². The van der Waals surface area contributed by atoms with Gasteiger partial charge in [0.25, 0.3) is 0 Å². The molecule has 0 radical (unpaired) electrons. The molecule has 2 nitrogen and oxygen atoms in total. The van der Waals surface area contributed by atoms with Gasteiger partial charge in [-0.05, 0) is 79.6 Å². The first-order valence-corrected chi connectivity index (χ1v) is 9.46. The fourth-order valence-electron chi connectivity index (χ4n) is 6.74. The molecule has 1 N–H and O–H groups in total. The molecule has 23 heavy (non-hydrogen) atoms. The second-order valence-electron chi connectivity index (χ2n) is 9.08. The molecule has 4 aliphatic rings. The van der Waals surface area contributed by atoms with Crippen LogP contribution in [0.4, 0.5) is 0 Å². The van der Waals surface area contributed by atoms with E-state index < -0.39 is 0 Å². The van der Waals surface area contributed by atoms with Gasteiger partial charge in [0.05, 0.1) is 6.10 Å². The van der Waals surface area contributed by atoms with Crippen molar-refractivity contribution < 1.29 is 9.90 Å². The van der Waals surface area contributed by atoms with E-state index in [-0.39, 0.29) is 16.9 Å². The van der Waals surface area contributed by atoms with E-state index in [4.69, 9.17) is 0 Å². The van der Waals surface area contributed by atoms with Gasteiger partial charge >= 0.3 is 0 Å². The Balaban J connectivity index is 1.70. The third kappa shape index (κ3) is 2.06. The molecule has 126 valence electrons. The number of aliphatic hydroxyl groups excluding tert-OH is 1. The lowest BCUT2D eigenvalue weighted by atomic mass is 9.49. The number of fused-ring (bicyclic) bond motifs is 5. The highest BCUT2D eigenvalue weighted by atomic mass is 16.3. The Kier molecular flexibility index (Phi) is 3.43. The second-order valence-corrected chi connectivity index (χ2v) is 9.08. The summed E-state index contributed by atoms with van der Waals surface area (Å²) in [5.74, 6) is 2.50. The maximum absolute atomic E-state index is 11.8. The predicted octanol–water partition coefficient (Wildman–Crippen LogP) is 4.29. The van der Waals surface area contributed by atoms with Gasteiger partial charge in [0, 0.05) is 6.42 Å². The van der Waals surface area contributed by atoms with Gasteiger partial charge in [-0.3, -0.25) is 4.79 Å². The molecule has 7 unspecified atom stereocenters. The highest BCUT2D eigenvalue weighted by Gasteiger charge is 2.57. The Morgan fingerprint density at radius 1 is 1.22 bits per heavy atom. The summed E-state index contributed by atoms with van der Waals surface area (Å²) in [5, 5.41) is 10.3. The number of aliphatic hydroxyl groups is 1. The first-order valence-electron chi connectivity index (χ1n) is 9.46. The average molecular weight is 314 g/mol. The molecule has 7 atom stereocenters. The zero-order chi connectivity index (χ0) is 16.4. The lowest BCUT2D eigenvalue weighted by Crippen LogP contribution is -2.48. The summed E-state index contributed by atoms with van der Waals surface area (Å²) in [5.41, 5.74) is 2.11. The van der Waals surface area contributed by atoms with E-state index in [1.165, 1.54) is 19.3 Å². The highest BCUT2D eigenvalue weighted by Crippen LogP contribution is 2.65. The van der Waals surface area contributed by atoms with Gasteiger partial charge in [0.2, 0.25) is 0 Å². The Bertz CT molecular complexity index is 587. The fourth-order valence-corrected chi connectivity index (χ4v) is 6.74. The van der Waals surface area contributed by atoms with Crippen LogP contribution < -0.4 is 0 Å². The molecule has 0 aliphatic heterocycles. The predicted molar refractivity (Wildman–Crippen MR) is 91.8 cm³/mol. The van der Waals surface area contributed by atoms with E-state index in [0.29, 0.717) is 29.5 Å². The molecule has 4 rings (SSSR count). The van der Waals surface area contributed by atoms with Crippen LogP contribution in [0.25, 0.3) is 0 Å². The van der Waals surface area contributed by atoms with Crippen LogP contribution in [0, 0.1) is 34.5 Å². The van der Waals surface area contributed by atoms with Crippen molar-refractivity contribution in [2.75, 3.05) is 0 Å². The summed E-state index contributed by atoms with van der Waals surface area (Å²) in [6.45, 7) is 6.79. The molecule has 2 saturated carbocycles. The minimum Gasteiger partial charge on any atom is -0.393 e. The molecule has 0 heterocycles. The number of rotatable bonds is 1. The molecule has 0 amide bonds. The standard InChI is InChI=1S/C21H30O2/c1-13(22)17-6-7-18-16-5-4-14-12-15(23)8-10-20(14,2)19(16)9-11-21(17,18)3/h5,8,10,13-14,17-19,22H,4,6-7,9,11-12H2,1-3H3. The number of hydrogen-bond acceptors (Lipinski definition) is 2. The van der Waals surface area contributed by atoms with Crippen molar-refractivity contribution in [3.63, 3.8) is 0 Å². The van der Waals surface area contributed by atoms with Crippen LogP contribution in [-0.4, -0.2) is 17.0 Å². The number of hydrogen-bond donors (Lipinski definition) is 1. The Hall–Kier alpha value is -0.890. The van der Waals surface area contributed by atoms with E-state index in [1.54, 1.807) is 5.57 Å². The first-order chi connectivity index (χ1) is 10.9. The molecular formula is C21H30O2. The largest absolute Gasteiger partial charge is 0.393 e. The van der Waals surface area contributed by atoms with Gasteiger partial charge in [0.15, 0.2) is 5.78 Å². The Morgan fingerprint density at radius 2 is 2.00 bits per heavy atom. The molecule has 2 heteroatoms. The smallest absolute Gasteiger partial charge is 0.155 e. The van der Waals surface area contributed by atoms with Crippen molar-refractivity contribution in [3.8, 4) is 0 Å². The van der Waals surface area contributed by atoms with Crippen molar-refractivity contribution in [3.05, 3.63) is 23.8 Å². The summed E-state index contributed by atoms with van der Waals surface area (Å²) in [6, 6.07) is 0. The number of carbonyl (C=O) groups excluding carboxylic acids is 1. The number of carbonyl (C=O) groups is 1. The van der Waals surface area contributed by atoms with Crippen LogP contribution in [0.15, 0.2) is 23.8 Å². The normalized spacial score (nSPS) is 49.9. The molecule has 0 aromatic heterocycles. The summed E-state index contributed by atoms with van der Waals surface area (Å²) in [6.07, 6.45) is 13.0. The molecular weight excluding hydrogens is 284 g/mol. The minimum atomic E-state index is -0.193. The van der Waals surface area contributed by atoms with Crippen molar-refractivity contribution in [1.82, 2.24) is 0 Å². The van der Waals surface area contributed by atoms with E-state index in [1.807, 2.05) is 13.0 Å². The van der Waals surface area contributed by atoms with Crippen LogP contribution in [-0.2, 0) is 4.79 Å². The summed E-state index contributed by atoms with van der Waals surface area (Å²) in [7, 11) is 0. The molecule has 0 saturated heterocycles. The lowest BCUT2D eigenvalue weighted by Gasteiger charge is -2.55. The molecule has 4 aliphatic carbocycles. The van der Waals surface area contributed by atoms with E-state index in [0.717, 1.165) is 19.3 Å². The van der Waals surface area contributed by atoms with Gasteiger partial charge in [-0.25, -0.2) is 0 Å². The van der Waals surface area contributed by atoms with Crippen molar-refractivity contribution in [2.45, 2.75) is 65.4 Å². The zero-order valence-electron chi connectivity index (χ0n) is 14.7. The fraction of sp³-hybridized carbons (Fsp3) is 0.762. The van der Waals surface area contributed by atoms with Gasteiger partial charge in [-0.15, -0.1) is 0 Å². The molecule has 0 spiro atoms. The number of ketones is 1. The quantitative estimate of drug-likeness (QED) is 0.733. The number of allylic oxidation sites excluding steroid dienone is 4. The van der Waals surface area contributed by atoms with E-state index >= 15 is 0 Å². The minimum absolute atomic E-state index is 0.169. The van der Waals surface area contributed by atoms with Crippen LogP contribution >= 0.6 is 0 Å². The zero-order valence-corrected chi connectivity index (χ0v) is 14.7.